The van der Waals surface area contributed by atoms with Crippen LogP contribution in [0.1, 0.15) is 48.7 Å². The zero-order valence-electron chi connectivity index (χ0n) is 14.5. The zero-order chi connectivity index (χ0) is 17.9. The number of carbonyl (C=O) groups is 1. The molecule has 1 unspecified atom stereocenters. The maximum absolute atomic E-state index is 12.7. The molecule has 2 N–H and O–H groups in total. The van der Waals surface area contributed by atoms with Gasteiger partial charge in [-0.3, -0.25) is 4.90 Å². The minimum atomic E-state index is -3.73. The number of fused-ring (bicyclic) bond motifs is 1. The molecule has 0 aromatic heterocycles. The number of carboxylic acid groups (broad SMARTS) is 1. The molecule has 2 rings (SSSR count). The molecule has 6 nitrogen and oxygen atoms in total. The van der Waals surface area contributed by atoms with Crippen molar-refractivity contribution >= 4 is 16.0 Å². The van der Waals surface area contributed by atoms with Crippen LogP contribution in [0, 0.1) is 0 Å². The van der Waals surface area contributed by atoms with E-state index in [2.05, 4.69) is 9.62 Å². The van der Waals surface area contributed by atoms with Gasteiger partial charge in [0.15, 0.2) is 0 Å². The largest absolute Gasteiger partial charge is 0.478 e. The highest BCUT2D eigenvalue weighted by molar-refractivity contribution is 7.89. The summed E-state index contributed by atoms with van der Waals surface area (Å²) in [6.07, 6.45) is 2.27. The van der Waals surface area contributed by atoms with Crippen LogP contribution in [0.2, 0.25) is 0 Å². The SMILES string of the molecule is CCN(CC)C(C)CNS(=O)(=O)c1cc(C(=O)O)cc2c1CCC2. The Labute approximate surface area is 143 Å². The number of hydrogen-bond acceptors (Lipinski definition) is 4. The van der Waals surface area contributed by atoms with Gasteiger partial charge in [-0.25, -0.2) is 17.9 Å². The van der Waals surface area contributed by atoms with Gasteiger partial charge in [0.2, 0.25) is 10.0 Å². The number of hydrogen-bond donors (Lipinski definition) is 2. The van der Waals surface area contributed by atoms with Gasteiger partial charge in [-0.2, -0.15) is 0 Å². The lowest BCUT2D eigenvalue weighted by Crippen LogP contribution is -2.42. The zero-order valence-corrected chi connectivity index (χ0v) is 15.3. The van der Waals surface area contributed by atoms with Crippen molar-refractivity contribution in [1.82, 2.24) is 9.62 Å². The second kappa shape index (κ2) is 7.63. The van der Waals surface area contributed by atoms with Crippen LogP contribution in [0.5, 0.6) is 0 Å². The van der Waals surface area contributed by atoms with E-state index in [1.54, 1.807) is 6.07 Å². The third-order valence-electron chi connectivity index (χ3n) is 4.72. The summed E-state index contributed by atoms with van der Waals surface area (Å²) in [5, 5.41) is 9.24. The van der Waals surface area contributed by atoms with E-state index in [0.29, 0.717) is 13.0 Å². The molecule has 0 aliphatic heterocycles. The molecule has 0 bridgehead atoms. The lowest BCUT2D eigenvalue weighted by Gasteiger charge is -2.26. The first-order valence-electron chi connectivity index (χ1n) is 8.43. The summed E-state index contributed by atoms with van der Waals surface area (Å²) >= 11 is 0. The monoisotopic (exact) mass is 354 g/mol. The van der Waals surface area contributed by atoms with Crippen molar-refractivity contribution in [3.8, 4) is 0 Å². The second-order valence-electron chi connectivity index (χ2n) is 6.19. The van der Waals surface area contributed by atoms with Crippen LogP contribution >= 0.6 is 0 Å². The maximum Gasteiger partial charge on any atom is 0.335 e. The fourth-order valence-corrected chi connectivity index (χ4v) is 4.77. The molecule has 134 valence electrons. The fraction of sp³-hybridized carbons (Fsp3) is 0.588. The van der Waals surface area contributed by atoms with Gasteiger partial charge in [-0.05, 0) is 62.5 Å². The molecular formula is C17H26N2O4S. The molecule has 0 spiro atoms. The van der Waals surface area contributed by atoms with Gasteiger partial charge in [0.25, 0.3) is 0 Å². The van der Waals surface area contributed by atoms with E-state index in [0.717, 1.165) is 37.1 Å². The summed E-state index contributed by atoms with van der Waals surface area (Å²) in [6, 6.07) is 2.96. The second-order valence-corrected chi connectivity index (χ2v) is 7.93. The van der Waals surface area contributed by atoms with Gasteiger partial charge >= 0.3 is 5.97 Å². The standard InChI is InChI=1S/C17H26N2O4S/c1-4-19(5-2)12(3)11-18-24(22,23)16-10-14(17(20)21)9-13-7-6-8-15(13)16/h9-10,12,18H,4-8,11H2,1-3H3,(H,20,21). The van der Waals surface area contributed by atoms with E-state index in [1.165, 1.54) is 6.07 Å². The maximum atomic E-state index is 12.7. The molecule has 0 amide bonds. The number of rotatable bonds is 8. The minimum Gasteiger partial charge on any atom is -0.478 e. The molecule has 1 aliphatic rings. The first-order valence-corrected chi connectivity index (χ1v) is 9.91. The molecule has 7 heteroatoms. The van der Waals surface area contributed by atoms with E-state index in [4.69, 9.17) is 0 Å². The average Bonchev–Trinajstić information content (AvgIpc) is 3.01. The van der Waals surface area contributed by atoms with E-state index in [1.807, 2.05) is 20.8 Å². The number of sulfonamides is 1. The van der Waals surface area contributed by atoms with Crippen LogP contribution in [0.25, 0.3) is 0 Å². The lowest BCUT2D eigenvalue weighted by molar-refractivity contribution is 0.0696. The Hall–Kier alpha value is -1.44. The quantitative estimate of drug-likeness (QED) is 0.744. The Morgan fingerprint density at radius 1 is 1.29 bits per heavy atom. The van der Waals surface area contributed by atoms with Crippen molar-refractivity contribution < 1.29 is 18.3 Å². The number of nitrogens with zero attached hydrogens (tertiary/aromatic N) is 1. The molecule has 24 heavy (non-hydrogen) atoms. The van der Waals surface area contributed by atoms with E-state index < -0.39 is 16.0 Å². The van der Waals surface area contributed by atoms with Gasteiger partial charge in [-0.1, -0.05) is 13.8 Å². The van der Waals surface area contributed by atoms with Crippen LogP contribution in [-0.2, 0) is 22.9 Å². The predicted molar refractivity (Wildman–Crippen MR) is 93.0 cm³/mol. The molecule has 0 saturated heterocycles. The molecule has 1 aromatic carbocycles. The smallest absolute Gasteiger partial charge is 0.335 e. The van der Waals surface area contributed by atoms with Gasteiger partial charge < -0.3 is 5.11 Å². The number of aryl methyl sites for hydroxylation is 1. The van der Waals surface area contributed by atoms with E-state index in [9.17, 15) is 18.3 Å². The molecule has 0 saturated carbocycles. The Morgan fingerprint density at radius 2 is 1.96 bits per heavy atom. The summed E-state index contributed by atoms with van der Waals surface area (Å²) < 4.78 is 28.2. The molecule has 0 radical (unpaired) electrons. The molecular weight excluding hydrogens is 328 g/mol. The van der Waals surface area contributed by atoms with Crippen molar-refractivity contribution in [2.24, 2.45) is 0 Å². The molecule has 1 aliphatic carbocycles. The van der Waals surface area contributed by atoms with Crippen LogP contribution in [0.4, 0.5) is 0 Å². The lowest BCUT2D eigenvalue weighted by atomic mass is 10.1. The predicted octanol–water partition coefficient (Wildman–Crippen LogP) is 1.88. The van der Waals surface area contributed by atoms with E-state index in [-0.39, 0.29) is 16.5 Å². The summed E-state index contributed by atoms with van der Waals surface area (Å²) in [7, 11) is -3.73. The summed E-state index contributed by atoms with van der Waals surface area (Å²) in [5.74, 6) is -1.10. The Bertz CT molecular complexity index is 712. The highest BCUT2D eigenvalue weighted by Gasteiger charge is 2.26. The first-order chi connectivity index (χ1) is 11.3. The molecule has 0 fully saturated rings. The third-order valence-corrected chi connectivity index (χ3v) is 6.21. The fourth-order valence-electron chi connectivity index (χ4n) is 3.31. The van der Waals surface area contributed by atoms with Crippen LogP contribution in [0.15, 0.2) is 17.0 Å². The average molecular weight is 354 g/mol. The van der Waals surface area contributed by atoms with Crippen LogP contribution < -0.4 is 4.72 Å². The van der Waals surface area contributed by atoms with Crippen molar-refractivity contribution in [3.05, 3.63) is 28.8 Å². The highest BCUT2D eigenvalue weighted by atomic mass is 32.2. The number of aromatic carboxylic acids is 1. The van der Waals surface area contributed by atoms with Gasteiger partial charge in [0.05, 0.1) is 10.5 Å². The van der Waals surface area contributed by atoms with Crippen LogP contribution in [-0.4, -0.2) is 50.1 Å². The highest BCUT2D eigenvalue weighted by Crippen LogP contribution is 2.30. The number of likely N-dealkylation sites (N-methyl/N-ethyl adjacent to an activating group) is 1. The topological polar surface area (TPSA) is 86.7 Å². The first kappa shape index (κ1) is 18.9. The van der Waals surface area contributed by atoms with Crippen molar-refractivity contribution in [2.75, 3.05) is 19.6 Å². The van der Waals surface area contributed by atoms with Crippen molar-refractivity contribution in [3.63, 3.8) is 0 Å². The summed E-state index contributed by atoms with van der Waals surface area (Å²) in [5.41, 5.74) is 1.64. The van der Waals surface area contributed by atoms with Gasteiger partial charge in [0, 0.05) is 12.6 Å². The minimum absolute atomic E-state index is 0.0350. The normalized spacial score (nSPS) is 15.5. The van der Waals surface area contributed by atoms with Gasteiger partial charge in [0.1, 0.15) is 0 Å². The van der Waals surface area contributed by atoms with Gasteiger partial charge in [-0.15, -0.1) is 0 Å². The molecule has 1 atom stereocenters. The van der Waals surface area contributed by atoms with Crippen LogP contribution in [0.3, 0.4) is 0 Å². The van der Waals surface area contributed by atoms with E-state index >= 15 is 0 Å². The Balaban J connectivity index is 2.28. The number of nitrogens with one attached hydrogen (secondary N) is 1. The summed E-state index contributed by atoms with van der Waals surface area (Å²) in [4.78, 5) is 13.6. The summed E-state index contributed by atoms with van der Waals surface area (Å²) in [6.45, 7) is 8.06. The Morgan fingerprint density at radius 3 is 2.54 bits per heavy atom. The third kappa shape index (κ3) is 3.96. The Kier molecular flexibility index (Phi) is 6.01. The van der Waals surface area contributed by atoms with Crippen molar-refractivity contribution in [2.45, 2.75) is 51.0 Å². The number of carboxylic acids is 1. The molecule has 1 aromatic rings. The number of benzene rings is 1. The molecule has 0 heterocycles. The van der Waals surface area contributed by atoms with Crippen molar-refractivity contribution in [1.29, 1.82) is 0 Å².